The average Bonchev–Trinajstić information content (AvgIpc) is 3.01. The van der Waals surface area contributed by atoms with Gasteiger partial charge in [-0.25, -0.2) is 0 Å². The summed E-state index contributed by atoms with van der Waals surface area (Å²) in [5.41, 5.74) is 0.404. The molecule has 19 heavy (non-hydrogen) atoms. The van der Waals surface area contributed by atoms with Gasteiger partial charge in [-0.3, -0.25) is 0 Å². The second-order valence-corrected chi connectivity index (χ2v) is 6.57. The van der Waals surface area contributed by atoms with Crippen LogP contribution in [0.25, 0.3) is 0 Å². The van der Waals surface area contributed by atoms with E-state index in [4.69, 9.17) is 4.42 Å². The Morgan fingerprint density at radius 1 is 1.32 bits per heavy atom. The van der Waals surface area contributed by atoms with Crippen LogP contribution in [0.3, 0.4) is 0 Å². The minimum Gasteiger partial charge on any atom is -0.468 e. The summed E-state index contributed by atoms with van der Waals surface area (Å²) in [7, 11) is 0. The standard InChI is InChI=1S/C17H29NO/c1-4-11-18-16(15-8-7-12-19-15)17(13-14(2)3)9-5-6-10-17/h7-8,12,14,16,18H,4-6,9-11,13H2,1-3H3. The van der Waals surface area contributed by atoms with Crippen molar-refractivity contribution in [3.8, 4) is 0 Å². The van der Waals surface area contributed by atoms with Gasteiger partial charge in [-0.1, -0.05) is 33.6 Å². The van der Waals surface area contributed by atoms with Crippen LogP contribution < -0.4 is 5.32 Å². The lowest BCUT2D eigenvalue weighted by molar-refractivity contribution is 0.138. The van der Waals surface area contributed by atoms with Crippen LogP contribution in [-0.2, 0) is 0 Å². The molecule has 0 amide bonds. The number of furan rings is 1. The molecule has 1 aliphatic rings. The lowest BCUT2D eigenvalue weighted by atomic mass is 9.71. The van der Waals surface area contributed by atoms with Crippen molar-refractivity contribution < 1.29 is 4.42 Å². The second kappa shape index (κ2) is 6.60. The minimum absolute atomic E-state index is 0.396. The van der Waals surface area contributed by atoms with E-state index in [2.05, 4.69) is 32.2 Å². The van der Waals surface area contributed by atoms with Gasteiger partial charge in [0, 0.05) is 0 Å². The molecule has 0 radical (unpaired) electrons. The van der Waals surface area contributed by atoms with Crippen LogP contribution in [0.2, 0.25) is 0 Å². The molecule has 1 atom stereocenters. The first-order chi connectivity index (χ1) is 9.18. The van der Waals surface area contributed by atoms with Gasteiger partial charge in [0.2, 0.25) is 0 Å². The molecule has 0 aliphatic heterocycles. The molecule has 0 aromatic carbocycles. The Kier molecular flexibility index (Phi) is 5.09. The van der Waals surface area contributed by atoms with Gasteiger partial charge in [0.05, 0.1) is 12.3 Å². The van der Waals surface area contributed by atoms with Crippen molar-refractivity contribution in [2.45, 2.75) is 65.3 Å². The van der Waals surface area contributed by atoms with E-state index < -0.39 is 0 Å². The van der Waals surface area contributed by atoms with E-state index >= 15 is 0 Å². The van der Waals surface area contributed by atoms with Crippen molar-refractivity contribution in [1.29, 1.82) is 0 Å². The summed E-state index contributed by atoms with van der Waals surface area (Å²) < 4.78 is 5.75. The molecule has 1 aromatic rings. The summed E-state index contributed by atoms with van der Waals surface area (Å²) in [5.74, 6) is 1.88. The first-order valence-electron chi connectivity index (χ1n) is 7.95. The van der Waals surface area contributed by atoms with E-state index in [1.165, 1.54) is 38.5 Å². The van der Waals surface area contributed by atoms with Crippen LogP contribution >= 0.6 is 0 Å². The molecule has 2 heteroatoms. The van der Waals surface area contributed by atoms with Crippen LogP contribution in [-0.4, -0.2) is 6.54 Å². The molecule has 2 rings (SSSR count). The van der Waals surface area contributed by atoms with Crippen molar-refractivity contribution in [2.75, 3.05) is 6.54 Å². The monoisotopic (exact) mass is 263 g/mol. The highest BCUT2D eigenvalue weighted by atomic mass is 16.3. The van der Waals surface area contributed by atoms with Crippen LogP contribution in [0.1, 0.15) is 71.1 Å². The Morgan fingerprint density at radius 3 is 2.58 bits per heavy atom. The normalized spacial score (nSPS) is 20.0. The fourth-order valence-electron chi connectivity index (χ4n) is 3.87. The summed E-state index contributed by atoms with van der Waals surface area (Å²) >= 11 is 0. The Labute approximate surface area is 118 Å². The Balaban J connectivity index is 2.22. The highest BCUT2D eigenvalue weighted by Crippen LogP contribution is 2.51. The summed E-state index contributed by atoms with van der Waals surface area (Å²) in [6.45, 7) is 8.00. The van der Waals surface area contributed by atoms with Gasteiger partial charge in [-0.2, -0.15) is 0 Å². The Morgan fingerprint density at radius 2 is 2.05 bits per heavy atom. The van der Waals surface area contributed by atoms with Crippen molar-refractivity contribution in [2.24, 2.45) is 11.3 Å². The lowest BCUT2D eigenvalue weighted by Gasteiger charge is -2.38. The van der Waals surface area contributed by atoms with E-state index in [1.807, 2.05) is 12.3 Å². The molecule has 2 nitrogen and oxygen atoms in total. The van der Waals surface area contributed by atoms with Gasteiger partial charge in [-0.15, -0.1) is 0 Å². The third kappa shape index (κ3) is 3.42. The number of rotatable bonds is 7. The Hall–Kier alpha value is -0.760. The highest BCUT2D eigenvalue weighted by Gasteiger charge is 2.43. The molecule has 108 valence electrons. The molecular formula is C17H29NO. The summed E-state index contributed by atoms with van der Waals surface area (Å²) in [6.07, 6.45) is 9.72. The number of hydrogen-bond donors (Lipinski definition) is 1. The highest BCUT2D eigenvalue weighted by molar-refractivity contribution is 5.11. The zero-order valence-corrected chi connectivity index (χ0v) is 12.7. The van der Waals surface area contributed by atoms with Gasteiger partial charge in [-0.05, 0) is 55.7 Å². The molecule has 1 saturated carbocycles. The molecule has 0 spiro atoms. The van der Waals surface area contributed by atoms with Gasteiger partial charge in [0.25, 0.3) is 0 Å². The van der Waals surface area contributed by atoms with Gasteiger partial charge >= 0.3 is 0 Å². The van der Waals surface area contributed by atoms with E-state index in [9.17, 15) is 0 Å². The third-order valence-corrected chi connectivity index (χ3v) is 4.45. The van der Waals surface area contributed by atoms with E-state index in [1.54, 1.807) is 0 Å². The molecule has 0 bridgehead atoms. The van der Waals surface area contributed by atoms with E-state index in [0.717, 1.165) is 18.2 Å². The predicted molar refractivity (Wildman–Crippen MR) is 80.1 cm³/mol. The largest absolute Gasteiger partial charge is 0.468 e. The van der Waals surface area contributed by atoms with Crippen molar-refractivity contribution >= 4 is 0 Å². The van der Waals surface area contributed by atoms with Gasteiger partial charge < -0.3 is 9.73 Å². The van der Waals surface area contributed by atoms with E-state index in [-0.39, 0.29) is 0 Å². The fourth-order valence-corrected chi connectivity index (χ4v) is 3.87. The van der Waals surface area contributed by atoms with Crippen LogP contribution in [0.15, 0.2) is 22.8 Å². The molecule has 1 unspecified atom stereocenters. The maximum Gasteiger partial charge on any atom is 0.121 e. The second-order valence-electron chi connectivity index (χ2n) is 6.57. The van der Waals surface area contributed by atoms with Crippen LogP contribution in [0.4, 0.5) is 0 Å². The molecular weight excluding hydrogens is 234 g/mol. The molecule has 0 saturated heterocycles. The maximum atomic E-state index is 5.75. The summed E-state index contributed by atoms with van der Waals surface area (Å²) in [5, 5.41) is 3.77. The topological polar surface area (TPSA) is 25.2 Å². The average molecular weight is 263 g/mol. The van der Waals surface area contributed by atoms with Crippen molar-refractivity contribution in [3.63, 3.8) is 0 Å². The third-order valence-electron chi connectivity index (χ3n) is 4.45. The molecule has 1 aromatic heterocycles. The first kappa shape index (κ1) is 14.6. The zero-order chi connectivity index (χ0) is 13.7. The SMILES string of the molecule is CCCNC(c1ccco1)C1(CC(C)C)CCCC1. The number of hydrogen-bond acceptors (Lipinski definition) is 2. The Bertz CT molecular complexity index is 349. The summed E-state index contributed by atoms with van der Waals surface area (Å²) in [4.78, 5) is 0. The zero-order valence-electron chi connectivity index (χ0n) is 12.7. The van der Waals surface area contributed by atoms with Crippen molar-refractivity contribution in [1.82, 2.24) is 5.32 Å². The summed E-state index contributed by atoms with van der Waals surface area (Å²) in [6, 6.07) is 4.56. The van der Waals surface area contributed by atoms with Crippen LogP contribution in [0, 0.1) is 11.3 Å². The van der Waals surface area contributed by atoms with Crippen molar-refractivity contribution in [3.05, 3.63) is 24.2 Å². The minimum atomic E-state index is 0.396. The van der Waals surface area contributed by atoms with Crippen LogP contribution in [0.5, 0.6) is 0 Å². The maximum absolute atomic E-state index is 5.75. The van der Waals surface area contributed by atoms with Gasteiger partial charge in [0.1, 0.15) is 5.76 Å². The number of nitrogens with one attached hydrogen (secondary N) is 1. The molecule has 1 aliphatic carbocycles. The van der Waals surface area contributed by atoms with Gasteiger partial charge in [0.15, 0.2) is 0 Å². The molecule has 1 heterocycles. The predicted octanol–water partition coefficient (Wildman–Crippen LogP) is 4.93. The smallest absolute Gasteiger partial charge is 0.121 e. The molecule has 1 N–H and O–H groups in total. The quantitative estimate of drug-likeness (QED) is 0.754. The van der Waals surface area contributed by atoms with E-state index in [0.29, 0.717) is 11.5 Å². The first-order valence-corrected chi connectivity index (χ1v) is 7.95. The molecule has 1 fully saturated rings. The fraction of sp³-hybridized carbons (Fsp3) is 0.765. The lowest BCUT2D eigenvalue weighted by Crippen LogP contribution is -2.37.